The normalized spacial score (nSPS) is 16.6. The second-order valence-electron chi connectivity index (χ2n) is 9.90. The molecule has 0 radical (unpaired) electrons. The second-order valence-corrected chi connectivity index (χ2v) is 9.90. The molecule has 2 aromatic heterocycles. The van der Waals surface area contributed by atoms with Gasteiger partial charge in [-0.2, -0.15) is 4.98 Å². The highest BCUT2D eigenvalue weighted by Gasteiger charge is 2.55. The molecule has 1 fully saturated rings. The summed E-state index contributed by atoms with van der Waals surface area (Å²) in [7, 11) is 1.91. The summed E-state index contributed by atoms with van der Waals surface area (Å²) in [5.41, 5.74) is -0.401. The number of nitrogens with zero attached hydrogens (tertiary/aromatic N) is 5. The number of carbonyl (C=O) groups is 1. The van der Waals surface area contributed by atoms with Crippen molar-refractivity contribution in [1.29, 1.82) is 0 Å². The lowest BCUT2D eigenvalue weighted by atomic mass is 9.62. The fourth-order valence-corrected chi connectivity index (χ4v) is 5.12. The molecule has 13 heteroatoms. The first-order chi connectivity index (χ1) is 19.0. The Morgan fingerprint density at radius 3 is 2.55 bits per heavy atom. The van der Waals surface area contributed by atoms with Crippen molar-refractivity contribution in [2.45, 2.75) is 25.4 Å². The van der Waals surface area contributed by atoms with Crippen LogP contribution in [0.4, 0.5) is 13.2 Å². The summed E-state index contributed by atoms with van der Waals surface area (Å²) in [6.45, 7) is 3.10. The Bertz CT molecular complexity index is 1490. The summed E-state index contributed by atoms with van der Waals surface area (Å²) in [6, 6.07) is 12.0. The predicted molar refractivity (Wildman–Crippen MR) is 135 cm³/mol. The molecule has 1 aliphatic heterocycles. The molecule has 40 heavy (non-hydrogen) atoms. The van der Waals surface area contributed by atoms with Crippen molar-refractivity contribution in [2.24, 2.45) is 5.41 Å². The van der Waals surface area contributed by atoms with E-state index in [1.165, 1.54) is 42.9 Å². The Balaban J connectivity index is 1.43. The van der Waals surface area contributed by atoms with Crippen LogP contribution in [0.25, 0.3) is 11.5 Å². The van der Waals surface area contributed by atoms with Crippen LogP contribution >= 0.6 is 0 Å². The molecule has 0 spiro atoms. The maximum atomic E-state index is 12.7. The van der Waals surface area contributed by atoms with E-state index in [-0.39, 0.29) is 24.0 Å². The molecule has 1 aliphatic rings. The number of rotatable bonds is 8. The smallest absolute Gasteiger partial charge is 0.406 e. The van der Waals surface area contributed by atoms with E-state index in [2.05, 4.69) is 30.2 Å². The van der Waals surface area contributed by atoms with E-state index >= 15 is 0 Å². The lowest BCUT2D eigenvalue weighted by Gasteiger charge is -2.56. The Morgan fingerprint density at radius 2 is 1.90 bits per heavy atom. The van der Waals surface area contributed by atoms with E-state index in [0.29, 0.717) is 35.5 Å². The van der Waals surface area contributed by atoms with Gasteiger partial charge in [0.05, 0.1) is 18.4 Å². The molecule has 1 saturated heterocycles. The Kier molecular flexibility index (Phi) is 7.02. The average molecular weight is 555 g/mol. The van der Waals surface area contributed by atoms with Crippen molar-refractivity contribution >= 4 is 5.91 Å². The van der Waals surface area contributed by atoms with E-state index in [4.69, 9.17) is 4.52 Å². The van der Waals surface area contributed by atoms with Crippen LogP contribution < -0.4 is 10.1 Å². The van der Waals surface area contributed by atoms with Crippen LogP contribution in [-0.4, -0.2) is 62.5 Å². The highest BCUT2D eigenvalue weighted by atomic mass is 19.4. The number of hydrogen-bond donors (Lipinski definition) is 2. The fourth-order valence-electron chi connectivity index (χ4n) is 5.12. The maximum Gasteiger partial charge on any atom is 0.573 e. The number of aliphatic hydroxyl groups is 1. The number of nitrogens with one attached hydrogen (secondary N) is 1. The summed E-state index contributed by atoms with van der Waals surface area (Å²) < 4.78 is 47.4. The largest absolute Gasteiger partial charge is 0.573 e. The number of ether oxygens (including phenoxy) is 1. The highest BCUT2D eigenvalue weighted by molar-refractivity contribution is 5.90. The summed E-state index contributed by atoms with van der Waals surface area (Å²) in [5, 5.41) is 18.7. The van der Waals surface area contributed by atoms with E-state index in [9.17, 15) is 23.1 Å². The Hall–Kier alpha value is -4.36. The van der Waals surface area contributed by atoms with Gasteiger partial charge in [-0.1, -0.05) is 36.3 Å². The molecular weight excluding hydrogens is 529 g/mol. The zero-order valence-electron chi connectivity index (χ0n) is 21.5. The summed E-state index contributed by atoms with van der Waals surface area (Å²) in [5.74, 6) is -1.09. The maximum absolute atomic E-state index is 12.7. The number of alkyl halides is 3. The molecule has 10 nitrogen and oxygen atoms in total. The zero-order valence-corrected chi connectivity index (χ0v) is 21.5. The van der Waals surface area contributed by atoms with Crippen LogP contribution in [0.1, 0.15) is 34.4 Å². The van der Waals surface area contributed by atoms with Gasteiger partial charge in [-0.15, -0.1) is 13.2 Å². The van der Waals surface area contributed by atoms with Gasteiger partial charge in [-0.05, 0) is 42.4 Å². The molecule has 0 unspecified atom stereocenters. The van der Waals surface area contributed by atoms with Crippen LogP contribution in [0.2, 0.25) is 0 Å². The van der Waals surface area contributed by atoms with E-state index in [0.717, 1.165) is 0 Å². The number of likely N-dealkylation sites (tertiary alicyclic amines) is 1. The number of amides is 1. The predicted octanol–water partition coefficient (Wildman–Crippen LogP) is 3.54. The lowest BCUT2D eigenvalue weighted by Crippen LogP contribution is -2.63. The number of carbonyl (C=O) groups excluding carboxylic acids is 1. The minimum Gasteiger partial charge on any atom is -0.406 e. The Morgan fingerprint density at radius 1 is 1.15 bits per heavy atom. The molecule has 0 saturated carbocycles. The van der Waals surface area contributed by atoms with E-state index in [1.54, 1.807) is 24.3 Å². The van der Waals surface area contributed by atoms with Crippen molar-refractivity contribution < 1.29 is 32.3 Å². The van der Waals surface area contributed by atoms with Gasteiger partial charge in [-0.25, -0.2) is 0 Å². The molecule has 5 rings (SSSR count). The van der Waals surface area contributed by atoms with Crippen molar-refractivity contribution in [3.8, 4) is 17.2 Å². The molecule has 2 N–H and O–H groups in total. The number of benzene rings is 2. The van der Waals surface area contributed by atoms with Gasteiger partial charge in [0.15, 0.2) is 0 Å². The van der Waals surface area contributed by atoms with Gasteiger partial charge in [0, 0.05) is 36.5 Å². The third-order valence-electron chi connectivity index (χ3n) is 6.82. The molecule has 4 aromatic rings. The third kappa shape index (κ3) is 5.38. The van der Waals surface area contributed by atoms with Crippen LogP contribution in [-0.2, 0) is 12.1 Å². The minimum absolute atomic E-state index is 0.0543. The summed E-state index contributed by atoms with van der Waals surface area (Å²) in [4.78, 5) is 26.8. The zero-order chi connectivity index (χ0) is 28.5. The lowest BCUT2D eigenvalue weighted by molar-refractivity contribution is -0.274. The quantitative estimate of drug-likeness (QED) is 0.336. The average Bonchev–Trinajstić information content (AvgIpc) is 3.41. The van der Waals surface area contributed by atoms with Crippen molar-refractivity contribution in [1.82, 2.24) is 30.3 Å². The first kappa shape index (κ1) is 27.2. The topological polar surface area (TPSA) is 126 Å². The molecule has 2 aromatic carbocycles. The van der Waals surface area contributed by atoms with Gasteiger partial charge in [-0.3, -0.25) is 14.8 Å². The number of hydrogen-bond acceptors (Lipinski definition) is 9. The number of halogens is 3. The van der Waals surface area contributed by atoms with Crippen molar-refractivity contribution in [3.63, 3.8) is 0 Å². The fraction of sp³-hybridized carbons (Fsp3) is 0.296. The summed E-state index contributed by atoms with van der Waals surface area (Å²) >= 11 is 0. The van der Waals surface area contributed by atoms with Gasteiger partial charge in [0.1, 0.15) is 11.4 Å². The standard InChI is InChI=1S/C27H25F3N6O4/c1-25(15-36(2)16-25)26(38,18-6-8-21(9-7-18)39-27(28,29)30)19-5-3-4-17(12-19)24-34-22(35-40-24)23(37)33-14-20-13-31-10-11-32-20/h3-13,38H,14-16H2,1-2H3,(H,33,37)/t26-/m0/s1. The molecule has 208 valence electrons. The molecule has 1 amide bonds. The molecule has 1 atom stereocenters. The monoisotopic (exact) mass is 554 g/mol. The molecule has 0 bridgehead atoms. The second kappa shape index (κ2) is 10.3. The van der Waals surface area contributed by atoms with E-state index in [1.807, 2.05) is 18.9 Å². The van der Waals surface area contributed by atoms with Crippen LogP contribution in [0.3, 0.4) is 0 Å². The number of aromatic nitrogens is 4. The molecule has 3 heterocycles. The third-order valence-corrected chi connectivity index (χ3v) is 6.82. The SMILES string of the molecule is CN1CC(C)([C@](O)(c2ccc(OC(F)(F)F)cc2)c2cccc(-c3nc(C(=O)NCc4cnccn4)no3)c2)C1. The molecule has 0 aliphatic carbocycles. The molecular formula is C27H25F3N6O4. The van der Waals surface area contributed by atoms with Crippen molar-refractivity contribution in [2.75, 3.05) is 20.1 Å². The van der Waals surface area contributed by atoms with Gasteiger partial charge < -0.3 is 24.6 Å². The Labute approximate surface area is 226 Å². The first-order valence-electron chi connectivity index (χ1n) is 12.2. The van der Waals surface area contributed by atoms with E-state index < -0.39 is 23.3 Å². The van der Waals surface area contributed by atoms with Crippen molar-refractivity contribution in [3.05, 3.63) is 89.8 Å². The van der Waals surface area contributed by atoms with Gasteiger partial charge in [0.2, 0.25) is 0 Å². The summed E-state index contributed by atoms with van der Waals surface area (Å²) in [6.07, 6.45) is -0.280. The van der Waals surface area contributed by atoms with Gasteiger partial charge >= 0.3 is 6.36 Å². The van der Waals surface area contributed by atoms with Crippen LogP contribution in [0.5, 0.6) is 5.75 Å². The first-order valence-corrected chi connectivity index (χ1v) is 12.2. The minimum atomic E-state index is -4.83. The van der Waals surface area contributed by atoms with Crippen LogP contribution in [0.15, 0.2) is 71.6 Å². The highest BCUT2D eigenvalue weighted by Crippen LogP contribution is 2.50. The van der Waals surface area contributed by atoms with Gasteiger partial charge in [0.25, 0.3) is 17.6 Å². The van der Waals surface area contributed by atoms with Crippen LogP contribution in [0, 0.1) is 5.41 Å².